The molecule has 4 heteroatoms. The molecule has 2 heterocycles. The number of hydrogen-bond donors (Lipinski definition) is 1. The third-order valence-electron chi connectivity index (χ3n) is 3.52. The van der Waals surface area contributed by atoms with Gasteiger partial charge in [-0.2, -0.15) is 11.3 Å². The van der Waals surface area contributed by atoms with Crippen LogP contribution in [-0.4, -0.2) is 49.0 Å². The monoisotopic (exact) mass is 255 g/mol. The lowest BCUT2D eigenvalue weighted by Crippen LogP contribution is -2.36. The largest absolute Gasteiger partial charge is 0.389 e. The molecule has 0 amide bonds. The van der Waals surface area contributed by atoms with Crippen LogP contribution < -0.4 is 0 Å². The van der Waals surface area contributed by atoms with Crippen LogP contribution in [-0.2, 0) is 4.74 Å². The van der Waals surface area contributed by atoms with Crippen molar-refractivity contribution in [3.8, 4) is 0 Å². The van der Waals surface area contributed by atoms with Crippen molar-refractivity contribution in [3.05, 3.63) is 22.4 Å². The zero-order valence-electron chi connectivity index (χ0n) is 10.5. The van der Waals surface area contributed by atoms with E-state index in [1.807, 2.05) is 0 Å². The molecule has 0 aromatic carbocycles. The van der Waals surface area contributed by atoms with E-state index in [9.17, 15) is 5.11 Å². The third kappa shape index (κ3) is 3.28. The smallest absolute Gasteiger partial charge is 0.0900 e. The number of likely N-dealkylation sites (tertiary alicyclic amines) is 1. The van der Waals surface area contributed by atoms with Gasteiger partial charge in [0.1, 0.15) is 0 Å². The Morgan fingerprint density at radius 2 is 2.47 bits per heavy atom. The number of nitrogens with zero attached hydrogens (tertiary/aromatic N) is 1. The van der Waals surface area contributed by atoms with Crippen LogP contribution in [0.4, 0.5) is 0 Å². The molecule has 0 aliphatic carbocycles. The fraction of sp³-hybridized carbons (Fsp3) is 0.692. The summed E-state index contributed by atoms with van der Waals surface area (Å²) in [5, 5.41) is 14.2. The summed E-state index contributed by atoms with van der Waals surface area (Å²) in [6, 6.07) is 2.77. The van der Waals surface area contributed by atoms with Crippen molar-refractivity contribution in [2.24, 2.45) is 0 Å². The summed E-state index contributed by atoms with van der Waals surface area (Å²) >= 11 is 1.76. The third-order valence-corrected chi connectivity index (χ3v) is 4.22. The molecule has 17 heavy (non-hydrogen) atoms. The van der Waals surface area contributed by atoms with E-state index >= 15 is 0 Å². The number of β-amino-alcohol motifs (C(OH)–C–C–N with tert-alkyl or cyclic N) is 1. The van der Waals surface area contributed by atoms with Gasteiger partial charge in [0.2, 0.25) is 0 Å². The first kappa shape index (κ1) is 13.0. The molecule has 3 nitrogen and oxygen atoms in total. The molecule has 1 fully saturated rings. The van der Waals surface area contributed by atoms with Crippen molar-refractivity contribution >= 4 is 11.3 Å². The lowest BCUT2D eigenvalue weighted by Gasteiger charge is -2.23. The van der Waals surface area contributed by atoms with Crippen molar-refractivity contribution in [2.75, 3.05) is 26.8 Å². The minimum Gasteiger partial charge on any atom is -0.389 e. The zero-order chi connectivity index (χ0) is 12.3. The molecule has 1 saturated heterocycles. The van der Waals surface area contributed by atoms with Crippen LogP contribution in [0.5, 0.6) is 0 Å². The lowest BCUT2D eigenvalue weighted by atomic mass is 10.00. The first-order chi connectivity index (χ1) is 8.20. The molecule has 1 N–H and O–H groups in total. The highest BCUT2D eigenvalue weighted by Gasteiger charge is 2.31. The Morgan fingerprint density at radius 3 is 3.12 bits per heavy atom. The highest BCUT2D eigenvalue weighted by atomic mass is 32.1. The van der Waals surface area contributed by atoms with Gasteiger partial charge in [-0.3, -0.25) is 4.90 Å². The SMILES string of the molecule is COC[C@H](O)CN1C[C@H](c2ccsc2)C[C@@H]1C. The molecular formula is C13H21NO2S. The van der Waals surface area contributed by atoms with Gasteiger partial charge in [0.15, 0.2) is 0 Å². The van der Waals surface area contributed by atoms with Crippen molar-refractivity contribution in [3.63, 3.8) is 0 Å². The Morgan fingerprint density at radius 1 is 1.65 bits per heavy atom. The predicted molar refractivity (Wildman–Crippen MR) is 70.6 cm³/mol. The maximum Gasteiger partial charge on any atom is 0.0900 e. The Hall–Kier alpha value is -0.420. The Bertz CT molecular complexity index is 328. The van der Waals surface area contributed by atoms with Crippen molar-refractivity contribution in [2.45, 2.75) is 31.4 Å². The van der Waals surface area contributed by atoms with Crippen molar-refractivity contribution < 1.29 is 9.84 Å². The van der Waals surface area contributed by atoms with Crippen LogP contribution >= 0.6 is 11.3 Å². The van der Waals surface area contributed by atoms with E-state index in [1.165, 1.54) is 12.0 Å². The Kier molecular flexibility index (Phi) is 4.56. The molecule has 1 aromatic heterocycles. The second-order valence-electron chi connectivity index (χ2n) is 4.90. The van der Waals surface area contributed by atoms with Gasteiger partial charge >= 0.3 is 0 Å². The van der Waals surface area contributed by atoms with E-state index in [2.05, 4.69) is 28.7 Å². The summed E-state index contributed by atoms with van der Waals surface area (Å²) in [6.07, 6.45) is 0.819. The first-order valence-electron chi connectivity index (χ1n) is 6.14. The van der Waals surface area contributed by atoms with Gasteiger partial charge in [-0.1, -0.05) is 0 Å². The van der Waals surface area contributed by atoms with Crippen LogP contribution in [0.15, 0.2) is 16.8 Å². The highest BCUT2D eigenvalue weighted by Crippen LogP contribution is 2.32. The number of methoxy groups -OCH3 is 1. The predicted octanol–water partition coefficient (Wildman–Crippen LogP) is 1.93. The zero-order valence-corrected chi connectivity index (χ0v) is 11.3. The topological polar surface area (TPSA) is 32.7 Å². The van der Waals surface area contributed by atoms with Crippen molar-refractivity contribution in [1.82, 2.24) is 4.90 Å². The van der Waals surface area contributed by atoms with Gasteiger partial charge in [0.05, 0.1) is 12.7 Å². The van der Waals surface area contributed by atoms with Crippen LogP contribution in [0.1, 0.15) is 24.8 Å². The van der Waals surface area contributed by atoms with Crippen LogP contribution in [0.3, 0.4) is 0 Å². The number of thiophene rings is 1. The van der Waals surface area contributed by atoms with Crippen LogP contribution in [0, 0.1) is 0 Å². The molecule has 1 aliphatic rings. The molecule has 2 rings (SSSR count). The maximum atomic E-state index is 9.78. The van der Waals surface area contributed by atoms with E-state index in [-0.39, 0.29) is 6.10 Å². The molecule has 1 aliphatic heterocycles. The summed E-state index contributed by atoms with van der Waals surface area (Å²) in [5.74, 6) is 0.631. The standard InChI is InChI=1S/C13H21NO2S/c1-10-5-12(11-3-4-17-9-11)6-14(10)7-13(15)8-16-2/h3-4,9-10,12-13,15H,5-8H2,1-2H3/t10-,12+,13+/m0/s1. The van der Waals surface area contributed by atoms with Crippen LogP contribution in [0.2, 0.25) is 0 Å². The summed E-state index contributed by atoms with van der Waals surface area (Å²) in [4.78, 5) is 2.37. The molecule has 0 radical (unpaired) electrons. The van der Waals surface area contributed by atoms with Gasteiger partial charge in [-0.25, -0.2) is 0 Å². The maximum absolute atomic E-state index is 9.78. The molecule has 96 valence electrons. The molecule has 0 saturated carbocycles. The summed E-state index contributed by atoms with van der Waals surface area (Å²) in [6.45, 7) is 4.44. The summed E-state index contributed by atoms with van der Waals surface area (Å²) < 4.78 is 4.97. The second kappa shape index (κ2) is 5.96. The Balaban J connectivity index is 1.89. The normalized spacial score (nSPS) is 27.5. The van der Waals surface area contributed by atoms with E-state index in [1.54, 1.807) is 18.4 Å². The van der Waals surface area contributed by atoms with E-state index < -0.39 is 0 Å². The molecule has 0 bridgehead atoms. The van der Waals surface area contributed by atoms with E-state index in [4.69, 9.17) is 4.74 Å². The van der Waals surface area contributed by atoms with Gasteiger partial charge in [0, 0.05) is 26.2 Å². The van der Waals surface area contributed by atoms with Crippen molar-refractivity contribution in [1.29, 1.82) is 0 Å². The molecule has 0 unspecified atom stereocenters. The minimum absolute atomic E-state index is 0.372. The molecule has 0 spiro atoms. The van der Waals surface area contributed by atoms with Crippen LogP contribution in [0.25, 0.3) is 0 Å². The average Bonchev–Trinajstić information content (AvgIpc) is 2.89. The average molecular weight is 255 g/mol. The molecule has 1 aromatic rings. The highest BCUT2D eigenvalue weighted by molar-refractivity contribution is 7.07. The number of aliphatic hydroxyl groups excluding tert-OH is 1. The van der Waals surface area contributed by atoms with E-state index in [0.717, 1.165) is 13.1 Å². The lowest BCUT2D eigenvalue weighted by molar-refractivity contribution is 0.0360. The minimum atomic E-state index is -0.372. The quantitative estimate of drug-likeness (QED) is 0.872. The number of hydrogen-bond acceptors (Lipinski definition) is 4. The fourth-order valence-corrected chi connectivity index (χ4v) is 3.36. The van der Waals surface area contributed by atoms with Gasteiger partial charge in [0.25, 0.3) is 0 Å². The summed E-state index contributed by atoms with van der Waals surface area (Å²) in [5.41, 5.74) is 1.45. The van der Waals surface area contributed by atoms with E-state index in [0.29, 0.717) is 18.6 Å². The number of rotatable bonds is 5. The van der Waals surface area contributed by atoms with Gasteiger partial charge in [-0.05, 0) is 41.7 Å². The second-order valence-corrected chi connectivity index (χ2v) is 5.68. The molecule has 3 atom stereocenters. The summed E-state index contributed by atoms with van der Waals surface area (Å²) in [7, 11) is 1.63. The van der Waals surface area contributed by atoms with Gasteiger partial charge < -0.3 is 9.84 Å². The number of aliphatic hydroxyl groups is 1. The first-order valence-corrected chi connectivity index (χ1v) is 7.08. The Labute approximate surface area is 107 Å². The van der Waals surface area contributed by atoms with Gasteiger partial charge in [-0.15, -0.1) is 0 Å². The molecular weight excluding hydrogens is 234 g/mol. The fourth-order valence-electron chi connectivity index (χ4n) is 2.62. The number of ether oxygens (including phenoxy) is 1.